The number of aliphatic hydroxyl groups excluding tert-OH is 1. The predicted molar refractivity (Wildman–Crippen MR) is 146 cm³/mol. The van der Waals surface area contributed by atoms with E-state index >= 15 is 0 Å². The number of anilines is 1. The molecule has 6 N–H and O–H groups in total. The summed E-state index contributed by atoms with van der Waals surface area (Å²) >= 11 is 0. The molecule has 0 saturated heterocycles. The van der Waals surface area contributed by atoms with Gasteiger partial charge in [-0.25, -0.2) is 4.79 Å². The molecule has 4 amide bonds. The average molecular weight is 542 g/mol. The Morgan fingerprint density at radius 2 is 1.56 bits per heavy atom. The molecule has 2 rings (SSSR count). The first kappa shape index (κ1) is 31.2. The highest BCUT2D eigenvalue weighted by Crippen LogP contribution is 2.14. The number of aromatic nitrogens is 1. The molecule has 0 saturated carbocycles. The quantitative estimate of drug-likeness (QED) is 0.244. The minimum absolute atomic E-state index is 0.00500. The van der Waals surface area contributed by atoms with Gasteiger partial charge < -0.3 is 31.5 Å². The summed E-state index contributed by atoms with van der Waals surface area (Å²) in [4.78, 5) is 54.7. The van der Waals surface area contributed by atoms with Gasteiger partial charge in [0.05, 0.1) is 17.9 Å². The molecule has 2 aromatic rings. The van der Waals surface area contributed by atoms with Crippen LogP contribution in [0.25, 0.3) is 0 Å². The predicted octanol–water partition coefficient (Wildman–Crippen LogP) is 2.15. The molecule has 1 heterocycles. The zero-order valence-electron chi connectivity index (χ0n) is 22.8. The highest BCUT2D eigenvalue weighted by Gasteiger charge is 2.33. The summed E-state index contributed by atoms with van der Waals surface area (Å²) in [6.45, 7) is 7.50. The van der Waals surface area contributed by atoms with Crippen molar-refractivity contribution in [3.63, 3.8) is 0 Å². The van der Waals surface area contributed by atoms with E-state index < -0.39 is 48.1 Å². The maximum absolute atomic E-state index is 13.5. The molecular weight excluding hydrogens is 502 g/mol. The maximum atomic E-state index is 13.5. The van der Waals surface area contributed by atoms with E-state index in [1.807, 2.05) is 33.8 Å². The van der Waals surface area contributed by atoms with E-state index in [2.05, 4.69) is 20.9 Å². The Morgan fingerprint density at radius 3 is 2.13 bits per heavy atom. The number of rotatable bonds is 14. The van der Waals surface area contributed by atoms with E-state index in [0.29, 0.717) is 12.1 Å². The molecule has 0 aliphatic rings. The van der Waals surface area contributed by atoms with Gasteiger partial charge in [0.15, 0.2) is 12.2 Å². The van der Waals surface area contributed by atoms with Crippen molar-refractivity contribution in [3.05, 3.63) is 60.4 Å². The highest BCUT2D eigenvalue weighted by atomic mass is 16.6. The number of hydrogen-bond acceptors (Lipinski definition) is 7. The zero-order chi connectivity index (χ0) is 28.9. The number of primary amides is 1. The van der Waals surface area contributed by atoms with Gasteiger partial charge in [-0.15, -0.1) is 0 Å². The zero-order valence-corrected chi connectivity index (χ0v) is 22.8. The number of ether oxygens (including phenoxy) is 1. The molecule has 4 unspecified atom stereocenters. The number of benzene rings is 1. The number of nitrogens with zero attached hydrogens (tertiary/aromatic N) is 1. The molecular formula is C28H39N5O6. The summed E-state index contributed by atoms with van der Waals surface area (Å²) in [5, 5.41) is 18.9. The normalized spacial score (nSPS) is 14.1. The van der Waals surface area contributed by atoms with Crippen LogP contribution in [0, 0.1) is 11.8 Å². The second-order valence-corrected chi connectivity index (χ2v) is 10.2. The van der Waals surface area contributed by atoms with E-state index in [9.17, 15) is 24.3 Å². The lowest BCUT2D eigenvalue weighted by molar-refractivity contribution is -0.135. The number of amides is 4. The average Bonchev–Trinajstić information content (AvgIpc) is 2.87. The molecule has 0 bridgehead atoms. The van der Waals surface area contributed by atoms with Gasteiger partial charge in [0.25, 0.3) is 11.8 Å². The Morgan fingerprint density at radius 1 is 0.897 bits per heavy atom. The Labute approximate surface area is 228 Å². The van der Waals surface area contributed by atoms with Crippen molar-refractivity contribution in [3.8, 4) is 0 Å². The largest absolute Gasteiger partial charge is 0.436 e. The van der Waals surface area contributed by atoms with Gasteiger partial charge in [-0.1, -0.05) is 58.0 Å². The van der Waals surface area contributed by atoms with Crippen molar-refractivity contribution in [1.29, 1.82) is 0 Å². The number of aliphatic hydroxyl groups is 1. The van der Waals surface area contributed by atoms with Gasteiger partial charge >= 0.3 is 6.09 Å². The van der Waals surface area contributed by atoms with Crippen molar-refractivity contribution in [1.82, 2.24) is 15.6 Å². The fourth-order valence-electron chi connectivity index (χ4n) is 3.99. The standard InChI is InChI=1S/C28H39N5O6/c1-17(2)13-21(24(34)27(37)31-20-11-8-12-30-16-20)32-25(35)22(15-19-9-6-5-7-10-19)33-26(36)23(14-18(3)4)39-28(29)38/h5-12,16-18,21-24,34H,13-15H2,1-4H3,(H2,29,38)(H,31,37)(H,32,35)(H,33,36). The third kappa shape index (κ3) is 11.1. The molecule has 212 valence electrons. The minimum Gasteiger partial charge on any atom is -0.436 e. The van der Waals surface area contributed by atoms with Crippen LogP contribution in [0.15, 0.2) is 54.9 Å². The van der Waals surface area contributed by atoms with Gasteiger partial charge in [0.1, 0.15) is 6.04 Å². The van der Waals surface area contributed by atoms with Crippen LogP contribution in [-0.4, -0.2) is 58.2 Å². The third-order valence-electron chi connectivity index (χ3n) is 5.78. The van der Waals surface area contributed by atoms with E-state index in [-0.39, 0.29) is 24.7 Å². The summed E-state index contributed by atoms with van der Waals surface area (Å²) in [6.07, 6.45) is -0.247. The Hall–Kier alpha value is -3.99. The van der Waals surface area contributed by atoms with Crippen LogP contribution in [0.5, 0.6) is 0 Å². The lowest BCUT2D eigenvalue weighted by Crippen LogP contribution is -2.57. The molecule has 1 aromatic heterocycles. The van der Waals surface area contributed by atoms with E-state index in [1.165, 1.54) is 6.20 Å². The SMILES string of the molecule is CC(C)CC(OC(N)=O)C(=O)NC(Cc1ccccc1)C(=O)NC(CC(C)C)C(O)C(=O)Nc1cccnc1. The van der Waals surface area contributed by atoms with Crippen LogP contribution in [0.4, 0.5) is 10.5 Å². The summed E-state index contributed by atoms with van der Waals surface area (Å²) in [5.74, 6) is -1.95. The number of nitrogens with one attached hydrogen (secondary N) is 3. The lowest BCUT2D eigenvalue weighted by Gasteiger charge is -2.28. The molecule has 0 aliphatic heterocycles. The van der Waals surface area contributed by atoms with Gasteiger partial charge in [-0.2, -0.15) is 0 Å². The van der Waals surface area contributed by atoms with Crippen LogP contribution >= 0.6 is 0 Å². The summed E-state index contributed by atoms with van der Waals surface area (Å²) < 4.78 is 5.01. The van der Waals surface area contributed by atoms with Crippen LogP contribution < -0.4 is 21.7 Å². The first-order valence-corrected chi connectivity index (χ1v) is 13.0. The first-order chi connectivity index (χ1) is 18.5. The Kier molecular flexibility index (Phi) is 12.4. The van der Waals surface area contributed by atoms with Crippen LogP contribution in [0.2, 0.25) is 0 Å². The molecule has 4 atom stereocenters. The van der Waals surface area contributed by atoms with E-state index in [0.717, 1.165) is 5.56 Å². The fraction of sp³-hybridized carbons (Fsp3) is 0.464. The minimum atomic E-state index is -1.57. The number of nitrogens with two attached hydrogens (primary N) is 1. The van der Waals surface area contributed by atoms with Gasteiger partial charge in [-0.05, 0) is 42.4 Å². The second kappa shape index (κ2) is 15.4. The Balaban J connectivity index is 2.25. The van der Waals surface area contributed by atoms with Crippen molar-refractivity contribution in [2.75, 3.05) is 5.32 Å². The first-order valence-electron chi connectivity index (χ1n) is 13.0. The molecule has 0 spiro atoms. The molecule has 1 aromatic carbocycles. The molecule has 39 heavy (non-hydrogen) atoms. The monoisotopic (exact) mass is 541 g/mol. The molecule has 0 radical (unpaired) electrons. The van der Waals surface area contributed by atoms with Gasteiger partial charge in [-0.3, -0.25) is 19.4 Å². The summed E-state index contributed by atoms with van der Waals surface area (Å²) in [5.41, 5.74) is 6.33. The lowest BCUT2D eigenvalue weighted by atomic mass is 9.97. The summed E-state index contributed by atoms with van der Waals surface area (Å²) in [6, 6.07) is 10.3. The maximum Gasteiger partial charge on any atom is 0.405 e. The number of carbonyl (C=O) groups excluding carboxylic acids is 4. The molecule has 11 nitrogen and oxygen atoms in total. The van der Waals surface area contributed by atoms with Crippen molar-refractivity contribution < 1.29 is 29.0 Å². The van der Waals surface area contributed by atoms with E-state index in [1.54, 1.807) is 42.6 Å². The number of hydrogen-bond donors (Lipinski definition) is 5. The van der Waals surface area contributed by atoms with Crippen LogP contribution in [0.3, 0.4) is 0 Å². The second-order valence-electron chi connectivity index (χ2n) is 10.2. The van der Waals surface area contributed by atoms with Crippen LogP contribution in [0.1, 0.15) is 46.1 Å². The molecule has 0 aliphatic carbocycles. The Bertz CT molecular complexity index is 1080. The summed E-state index contributed by atoms with van der Waals surface area (Å²) in [7, 11) is 0. The number of carbonyl (C=O) groups is 4. The fourth-order valence-corrected chi connectivity index (χ4v) is 3.99. The molecule has 11 heteroatoms. The van der Waals surface area contributed by atoms with Crippen molar-refractivity contribution >= 4 is 29.5 Å². The van der Waals surface area contributed by atoms with E-state index in [4.69, 9.17) is 10.5 Å². The third-order valence-corrected chi connectivity index (χ3v) is 5.78. The van der Waals surface area contributed by atoms with Gasteiger partial charge in [0, 0.05) is 12.6 Å². The number of pyridine rings is 1. The van der Waals surface area contributed by atoms with Crippen LogP contribution in [-0.2, 0) is 25.5 Å². The van der Waals surface area contributed by atoms with Crippen molar-refractivity contribution in [2.45, 2.75) is 71.2 Å². The topological polar surface area (TPSA) is 173 Å². The highest BCUT2D eigenvalue weighted by molar-refractivity contribution is 5.95. The smallest absolute Gasteiger partial charge is 0.405 e. The van der Waals surface area contributed by atoms with Gasteiger partial charge in [0.2, 0.25) is 5.91 Å². The van der Waals surface area contributed by atoms with Crippen molar-refractivity contribution in [2.24, 2.45) is 17.6 Å². The molecule has 0 fully saturated rings.